The summed E-state index contributed by atoms with van der Waals surface area (Å²) in [6.07, 6.45) is -1.38. The van der Waals surface area contributed by atoms with Crippen LogP contribution in [-0.2, 0) is 11.0 Å². The highest BCUT2D eigenvalue weighted by molar-refractivity contribution is 9.10. The van der Waals surface area contributed by atoms with Crippen molar-refractivity contribution in [3.05, 3.63) is 82.0 Å². The molecule has 0 atom stereocenters. The van der Waals surface area contributed by atoms with Crippen LogP contribution in [0, 0.1) is 0 Å². The van der Waals surface area contributed by atoms with Crippen LogP contribution >= 0.6 is 39.3 Å². The molecule has 0 aliphatic rings. The largest absolute Gasteiger partial charge is 0.418 e. The highest BCUT2D eigenvalue weighted by Crippen LogP contribution is 2.37. The van der Waals surface area contributed by atoms with E-state index in [9.17, 15) is 18.0 Å². The average Bonchev–Trinajstić information content (AvgIpc) is 3.23. The third-order valence-electron chi connectivity index (χ3n) is 4.55. The van der Waals surface area contributed by atoms with Crippen molar-refractivity contribution in [1.82, 2.24) is 19.7 Å². The summed E-state index contributed by atoms with van der Waals surface area (Å²) in [5.41, 5.74) is 0.192. The van der Waals surface area contributed by atoms with Crippen molar-refractivity contribution in [2.45, 2.75) is 11.3 Å². The van der Waals surface area contributed by atoms with Gasteiger partial charge in [-0.25, -0.2) is 0 Å². The molecular formula is C22H14BrClF3N5OS. The fourth-order valence-electron chi connectivity index (χ4n) is 3.05. The van der Waals surface area contributed by atoms with E-state index < -0.39 is 17.6 Å². The van der Waals surface area contributed by atoms with Crippen LogP contribution in [0.5, 0.6) is 0 Å². The van der Waals surface area contributed by atoms with Crippen molar-refractivity contribution in [3.8, 4) is 17.1 Å². The van der Waals surface area contributed by atoms with E-state index in [0.717, 1.165) is 23.4 Å². The second-order valence-corrected chi connectivity index (χ2v) is 9.17. The van der Waals surface area contributed by atoms with E-state index in [1.807, 2.05) is 0 Å². The predicted octanol–water partition coefficient (Wildman–Crippen LogP) is 6.49. The normalized spacial score (nSPS) is 11.4. The number of halogens is 5. The van der Waals surface area contributed by atoms with Gasteiger partial charge in [0.15, 0.2) is 11.0 Å². The van der Waals surface area contributed by atoms with Gasteiger partial charge in [0.25, 0.3) is 0 Å². The highest BCUT2D eigenvalue weighted by atomic mass is 79.9. The molecule has 4 aromatic rings. The van der Waals surface area contributed by atoms with Crippen LogP contribution < -0.4 is 5.32 Å². The SMILES string of the molecule is O=C(CSc1nnc(-c2ccncc2)n1-c1ccc(Cl)cc1)Nc1ccc(Br)cc1C(F)(F)F. The summed E-state index contributed by atoms with van der Waals surface area (Å²) in [5, 5.41) is 11.7. The van der Waals surface area contributed by atoms with E-state index >= 15 is 0 Å². The van der Waals surface area contributed by atoms with Gasteiger partial charge in [0.1, 0.15) is 0 Å². The molecule has 2 aromatic carbocycles. The van der Waals surface area contributed by atoms with Gasteiger partial charge in [0.2, 0.25) is 5.91 Å². The molecule has 4 rings (SSSR count). The third-order valence-corrected chi connectivity index (χ3v) is 6.22. The van der Waals surface area contributed by atoms with E-state index in [-0.39, 0.29) is 15.9 Å². The Morgan fingerprint density at radius 1 is 1.06 bits per heavy atom. The number of rotatable bonds is 6. The molecular weight excluding hydrogens is 555 g/mol. The molecule has 0 saturated carbocycles. The van der Waals surface area contributed by atoms with E-state index in [1.54, 1.807) is 53.4 Å². The molecule has 0 saturated heterocycles. The topological polar surface area (TPSA) is 72.7 Å². The molecule has 2 heterocycles. The number of hydrogen-bond acceptors (Lipinski definition) is 5. The van der Waals surface area contributed by atoms with Crippen LogP contribution in [0.4, 0.5) is 18.9 Å². The molecule has 1 N–H and O–H groups in total. The summed E-state index contributed by atoms with van der Waals surface area (Å²) >= 11 is 10.1. The van der Waals surface area contributed by atoms with Gasteiger partial charge in [0.05, 0.1) is 17.0 Å². The van der Waals surface area contributed by atoms with Gasteiger partial charge in [-0.05, 0) is 54.6 Å². The Labute approximate surface area is 209 Å². The van der Waals surface area contributed by atoms with Crippen LogP contribution in [0.25, 0.3) is 17.1 Å². The van der Waals surface area contributed by atoms with Gasteiger partial charge >= 0.3 is 6.18 Å². The second kappa shape index (κ2) is 10.2. The first kappa shape index (κ1) is 24.2. The Bertz CT molecular complexity index is 1320. The Kier molecular flexibility index (Phi) is 7.24. The Balaban J connectivity index is 1.59. The molecule has 0 spiro atoms. The first-order valence-electron chi connectivity index (χ1n) is 9.63. The minimum Gasteiger partial charge on any atom is -0.325 e. The number of nitrogens with zero attached hydrogens (tertiary/aromatic N) is 4. The lowest BCUT2D eigenvalue weighted by Gasteiger charge is -2.14. The molecule has 0 fully saturated rings. The lowest BCUT2D eigenvalue weighted by molar-refractivity contribution is -0.137. The first-order chi connectivity index (χ1) is 16.2. The van der Waals surface area contributed by atoms with Crippen LogP contribution in [-0.4, -0.2) is 31.4 Å². The minimum atomic E-state index is -4.62. The standard InChI is InChI=1S/C22H14BrClF3N5OS/c23-14-1-6-18(17(11-14)22(25,26)27)29-19(33)12-34-21-31-30-20(13-7-9-28-10-8-13)32(21)16-4-2-15(24)3-5-16/h1-11H,12H2,(H,29,33). The smallest absolute Gasteiger partial charge is 0.325 e. The van der Waals surface area contributed by atoms with Gasteiger partial charge in [-0.2, -0.15) is 13.2 Å². The lowest BCUT2D eigenvalue weighted by Crippen LogP contribution is -2.18. The van der Waals surface area contributed by atoms with E-state index in [2.05, 4.69) is 36.4 Å². The molecule has 0 bridgehead atoms. The zero-order valence-corrected chi connectivity index (χ0v) is 20.2. The van der Waals surface area contributed by atoms with Crippen molar-refractivity contribution in [2.24, 2.45) is 0 Å². The maximum absolute atomic E-state index is 13.3. The van der Waals surface area contributed by atoms with Crippen molar-refractivity contribution < 1.29 is 18.0 Å². The summed E-state index contributed by atoms with van der Waals surface area (Å²) in [4.78, 5) is 16.5. The summed E-state index contributed by atoms with van der Waals surface area (Å²) in [5.74, 6) is -0.288. The maximum Gasteiger partial charge on any atom is 0.418 e. The van der Waals surface area contributed by atoms with Crippen molar-refractivity contribution in [1.29, 1.82) is 0 Å². The minimum absolute atomic E-state index is 0.185. The number of amides is 1. The molecule has 34 heavy (non-hydrogen) atoms. The molecule has 0 radical (unpaired) electrons. The Hall–Kier alpha value is -2.89. The molecule has 12 heteroatoms. The number of aromatic nitrogens is 4. The molecule has 2 aromatic heterocycles. The average molecular weight is 569 g/mol. The maximum atomic E-state index is 13.3. The molecule has 0 aliphatic heterocycles. The van der Waals surface area contributed by atoms with Crippen LogP contribution in [0.2, 0.25) is 5.02 Å². The summed E-state index contributed by atoms with van der Waals surface area (Å²) in [6, 6.07) is 14.1. The van der Waals surface area contributed by atoms with Crippen molar-refractivity contribution in [3.63, 3.8) is 0 Å². The third kappa shape index (κ3) is 5.60. The van der Waals surface area contributed by atoms with Crippen molar-refractivity contribution >= 4 is 50.9 Å². The lowest BCUT2D eigenvalue weighted by atomic mass is 10.1. The Morgan fingerprint density at radius 3 is 2.44 bits per heavy atom. The number of hydrogen-bond donors (Lipinski definition) is 1. The molecule has 0 unspecified atom stereocenters. The van der Waals surface area contributed by atoms with E-state index in [1.165, 1.54) is 12.1 Å². The summed E-state index contributed by atoms with van der Waals surface area (Å²) < 4.78 is 42.0. The molecule has 1 amide bonds. The number of pyridine rings is 1. The second-order valence-electron chi connectivity index (χ2n) is 6.88. The number of carbonyl (C=O) groups excluding carboxylic acids is 1. The number of carbonyl (C=O) groups is 1. The zero-order chi connectivity index (χ0) is 24.3. The van der Waals surface area contributed by atoms with Gasteiger partial charge in [-0.1, -0.05) is 39.3 Å². The number of thioether (sulfide) groups is 1. The quantitative estimate of drug-likeness (QED) is 0.269. The number of alkyl halides is 3. The number of anilines is 1. The Morgan fingerprint density at radius 2 is 1.76 bits per heavy atom. The summed E-state index contributed by atoms with van der Waals surface area (Å²) in [7, 11) is 0. The highest BCUT2D eigenvalue weighted by Gasteiger charge is 2.34. The molecule has 174 valence electrons. The first-order valence-corrected chi connectivity index (χ1v) is 11.8. The van der Waals surface area contributed by atoms with Crippen LogP contribution in [0.3, 0.4) is 0 Å². The zero-order valence-electron chi connectivity index (χ0n) is 17.1. The monoisotopic (exact) mass is 567 g/mol. The van der Waals surface area contributed by atoms with Gasteiger partial charge in [0, 0.05) is 33.1 Å². The fourth-order valence-corrected chi connectivity index (χ4v) is 4.29. The van der Waals surface area contributed by atoms with Crippen LogP contribution in [0.15, 0.2) is 76.6 Å². The van der Waals surface area contributed by atoms with E-state index in [4.69, 9.17) is 11.6 Å². The van der Waals surface area contributed by atoms with Crippen molar-refractivity contribution in [2.75, 3.05) is 11.1 Å². The van der Waals surface area contributed by atoms with Gasteiger partial charge < -0.3 is 5.32 Å². The van der Waals surface area contributed by atoms with Gasteiger partial charge in [-0.3, -0.25) is 14.3 Å². The predicted molar refractivity (Wildman–Crippen MR) is 128 cm³/mol. The molecule has 0 aliphatic carbocycles. The van der Waals surface area contributed by atoms with Gasteiger partial charge in [-0.15, -0.1) is 10.2 Å². The summed E-state index contributed by atoms with van der Waals surface area (Å²) in [6.45, 7) is 0. The van der Waals surface area contributed by atoms with Crippen LogP contribution in [0.1, 0.15) is 5.56 Å². The molecule has 6 nitrogen and oxygen atoms in total. The number of nitrogens with one attached hydrogen (secondary N) is 1. The van der Waals surface area contributed by atoms with E-state index in [0.29, 0.717) is 21.7 Å². The number of benzene rings is 2. The fraction of sp³-hybridized carbons (Fsp3) is 0.0909.